The van der Waals surface area contributed by atoms with Crippen LogP contribution in [0.3, 0.4) is 0 Å². The van der Waals surface area contributed by atoms with Crippen LogP contribution in [0, 0.1) is 5.82 Å². The summed E-state index contributed by atoms with van der Waals surface area (Å²) in [5, 5.41) is 22.8. The lowest BCUT2D eigenvalue weighted by atomic mass is 10.0. The first-order valence-electron chi connectivity index (χ1n) is 13.3. The molecule has 0 unspecified atom stereocenters. The lowest BCUT2D eigenvalue weighted by Gasteiger charge is -2.34. The normalized spacial score (nSPS) is 15.4. The van der Waals surface area contributed by atoms with Gasteiger partial charge in [-0.1, -0.05) is 17.3 Å². The monoisotopic (exact) mass is 565 g/mol. The van der Waals surface area contributed by atoms with Gasteiger partial charge in [-0.25, -0.2) is 14.4 Å². The molecule has 6 aromatic rings. The first kappa shape index (κ1) is 25.2. The highest BCUT2D eigenvalue weighted by Gasteiger charge is 2.32. The average Bonchev–Trinajstić information content (AvgIpc) is 3.63. The molecule has 11 heteroatoms. The summed E-state index contributed by atoms with van der Waals surface area (Å²) in [6.07, 6.45) is 4.92. The van der Waals surface area contributed by atoms with Crippen LogP contribution in [0.4, 0.5) is 10.2 Å². The zero-order valence-electron chi connectivity index (χ0n) is 21.7. The number of aromatic nitrogens is 5. The second-order valence-electron chi connectivity index (χ2n) is 9.86. The molecule has 4 aromatic heterocycles. The van der Waals surface area contributed by atoms with E-state index >= 15 is 4.39 Å². The third-order valence-electron chi connectivity index (χ3n) is 7.31. The Labute approximate surface area is 237 Å². The summed E-state index contributed by atoms with van der Waals surface area (Å²) in [6, 6.07) is 18.7. The van der Waals surface area contributed by atoms with Crippen molar-refractivity contribution in [2.75, 3.05) is 18.0 Å². The van der Waals surface area contributed by atoms with E-state index in [1.807, 2.05) is 24.3 Å². The fourth-order valence-corrected chi connectivity index (χ4v) is 6.41. The van der Waals surface area contributed by atoms with Gasteiger partial charge in [-0.3, -0.25) is 9.69 Å². The maximum atomic E-state index is 15.7. The molecule has 7 rings (SSSR count). The lowest BCUT2D eigenvalue weighted by Crippen LogP contribution is -2.49. The van der Waals surface area contributed by atoms with Crippen LogP contribution in [0.25, 0.3) is 37.4 Å². The Bertz CT molecular complexity index is 1910. The fourth-order valence-electron chi connectivity index (χ4n) is 5.32. The number of anilines is 1. The molecule has 0 aliphatic carbocycles. The minimum Gasteiger partial charge on any atom is -0.507 e. The van der Waals surface area contributed by atoms with E-state index in [4.69, 9.17) is 0 Å². The van der Waals surface area contributed by atoms with Crippen LogP contribution in [0.2, 0.25) is 0 Å². The Morgan fingerprint density at radius 1 is 1.07 bits per heavy atom. The van der Waals surface area contributed by atoms with E-state index in [-0.39, 0.29) is 17.4 Å². The van der Waals surface area contributed by atoms with Crippen molar-refractivity contribution in [1.82, 2.24) is 30.3 Å². The standard InChI is InChI=1S/C30H24FN7O2S/c31-23-15-18(38-29-24(35-36-38)7-4-13-33-29)9-10-20(23)30(40)37(19-5-3-12-32-17-19)28-22-16-27(41-26(22)11-14-34-28)21-6-1-2-8-25(21)39/h1-2,4,6-11,13-16,19,32,39H,3,5,12,17H2/t19-/m1/s1. The molecule has 2 aromatic carbocycles. The number of carbonyl (C=O) groups excluding carboxylic acids is 1. The zero-order chi connectivity index (χ0) is 27.9. The third-order valence-corrected chi connectivity index (χ3v) is 8.45. The van der Waals surface area contributed by atoms with E-state index in [1.54, 1.807) is 47.6 Å². The van der Waals surface area contributed by atoms with Crippen LogP contribution < -0.4 is 10.2 Å². The van der Waals surface area contributed by atoms with Crippen molar-refractivity contribution in [3.8, 4) is 21.9 Å². The van der Waals surface area contributed by atoms with E-state index in [0.29, 0.717) is 34.8 Å². The molecule has 1 amide bonds. The molecule has 0 bridgehead atoms. The average molecular weight is 566 g/mol. The molecular formula is C30H24FN7O2S. The largest absolute Gasteiger partial charge is 0.507 e. The number of phenols is 1. The third kappa shape index (κ3) is 4.48. The molecule has 2 N–H and O–H groups in total. The number of rotatable bonds is 5. The number of phenolic OH excluding ortho intramolecular Hbond substituents is 1. The number of hydrogen-bond donors (Lipinski definition) is 2. The van der Waals surface area contributed by atoms with Crippen molar-refractivity contribution < 1.29 is 14.3 Å². The van der Waals surface area contributed by atoms with Crippen LogP contribution in [0.5, 0.6) is 5.75 Å². The van der Waals surface area contributed by atoms with Crippen molar-refractivity contribution in [2.24, 2.45) is 0 Å². The number of amides is 1. The molecule has 1 fully saturated rings. The Hall–Kier alpha value is -4.74. The molecule has 9 nitrogen and oxygen atoms in total. The number of carbonyl (C=O) groups is 1. The molecule has 1 aliphatic heterocycles. The molecule has 1 aliphatic rings. The number of aromatic hydroxyl groups is 1. The predicted molar refractivity (Wildman–Crippen MR) is 156 cm³/mol. The van der Waals surface area contributed by atoms with Gasteiger partial charge in [0.2, 0.25) is 0 Å². The maximum Gasteiger partial charge on any atom is 0.262 e. The van der Waals surface area contributed by atoms with Crippen molar-refractivity contribution in [1.29, 1.82) is 0 Å². The number of pyridine rings is 2. The van der Waals surface area contributed by atoms with Crippen molar-refractivity contribution >= 4 is 44.3 Å². The summed E-state index contributed by atoms with van der Waals surface area (Å²) < 4.78 is 18.1. The molecular weight excluding hydrogens is 541 g/mol. The quantitative estimate of drug-likeness (QED) is 0.291. The van der Waals surface area contributed by atoms with Gasteiger partial charge < -0.3 is 10.4 Å². The predicted octanol–water partition coefficient (Wildman–Crippen LogP) is 5.34. The highest BCUT2D eigenvalue weighted by Crippen LogP contribution is 2.41. The van der Waals surface area contributed by atoms with Gasteiger partial charge in [0.05, 0.1) is 17.3 Å². The van der Waals surface area contributed by atoms with E-state index in [2.05, 4.69) is 25.6 Å². The molecule has 41 heavy (non-hydrogen) atoms. The van der Waals surface area contributed by atoms with Gasteiger partial charge >= 0.3 is 0 Å². The minimum absolute atomic E-state index is 0.0633. The molecule has 0 radical (unpaired) electrons. The summed E-state index contributed by atoms with van der Waals surface area (Å²) in [7, 11) is 0. The van der Waals surface area contributed by atoms with Crippen molar-refractivity contribution in [2.45, 2.75) is 18.9 Å². The van der Waals surface area contributed by atoms with Gasteiger partial charge in [0.15, 0.2) is 5.65 Å². The van der Waals surface area contributed by atoms with Gasteiger partial charge in [0, 0.05) is 45.5 Å². The molecule has 1 saturated heterocycles. The Morgan fingerprint density at radius 3 is 2.80 bits per heavy atom. The fraction of sp³-hybridized carbons (Fsp3) is 0.167. The summed E-state index contributed by atoms with van der Waals surface area (Å²) in [5.41, 5.74) is 2.13. The van der Waals surface area contributed by atoms with Crippen LogP contribution in [-0.2, 0) is 0 Å². The molecule has 1 atom stereocenters. The Morgan fingerprint density at radius 2 is 1.98 bits per heavy atom. The number of nitrogens with one attached hydrogen (secondary N) is 1. The van der Waals surface area contributed by atoms with Gasteiger partial charge in [-0.15, -0.1) is 16.4 Å². The van der Waals surface area contributed by atoms with Gasteiger partial charge in [-0.2, -0.15) is 4.68 Å². The number of halogens is 1. The molecule has 5 heterocycles. The number of piperidine rings is 1. The van der Waals surface area contributed by atoms with Crippen LogP contribution in [-0.4, -0.2) is 55.1 Å². The number of benzene rings is 2. The summed E-state index contributed by atoms with van der Waals surface area (Å²) >= 11 is 1.51. The molecule has 204 valence electrons. The highest BCUT2D eigenvalue weighted by molar-refractivity contribution is 7.22. The first-order chi connectivity index (χ1) is 20.1. The summed E-state index contributed by atoms with van der Waals surface area (Å²) in [5.74, 6) is -0.502. The van der Waals surface area contributed by atoms with E-state index in [9.17, 15) is 9.90 Å². The zero-order valence-corrected chi connectivity index (χ0v) is 22.6. The van der Waals surface area contributed by atoms with E-state index in [1.165, 1.54) is 28.2 Å². The number of para-hydroxylation sites is 1. The summed E-state index contributed by atoms with van der Waals surface area (Å²) in [6.45, 7) is 1.42. The van der Waals surface area contributed by atoms with Crippen molar-refractivity contribution in [3.63, 3.8) is 0 Å². The van der Waals surface area contributed by atoms with Crippen LogP contribution >= 0.6 is 11.3 Å². The SMILES string of the molecule is O=C(c1ccc(-n2nnc3cccnc32)cc1F)N(c1nccc2sc(-c3ccccc3O)cc12)[C@@H]1CCCNC1. The smallest absolute Gasteiger partial charge is 0.262 e. The second-order valence-corrected chi connectivity index (χ2v) is 10.9. The highest BCUT2D eigenvalue weighted by atomic mass is 32.1. The number of fused-ring (bicyclic) bond motifs is 2. The van der Waals surface area contributed by atoms with Gasteiger partial charge in [0.1, 0.15) is 22.9 Å². The van der Waals surface area contributed by atoms with Gasteiger partial charge in [-0.05, 0) is 67.9 Å². The Balaban J connectivity index is 1.31. The van der Waals surface area contributed by atoms with E-state index < -0.39 is 11.7 Å². The first-order valence-corrected chi connectivity index (χ1v) is 14.1. The molecule has 0 saturated carbocycles. The second kappa shape index (κ2) is 10.3. The minimum atomic E-state index is -0.673. The number of hydrogen-bond acceptors (Lipinski definition) is 8. The Kier molecular flexibility index (Phi) is 6.37. The number of nitrogens with zero attached hydrogens (tertiary/aromatic N) is 6. The lowest BCUT2D eigenvalue weighted by molar-refractivity contribution is 0.0968. The summed E-state index contributed by atoms with van der Waals surface area (Å²) in [4.78, 5) is 25.6. The van der Waals surface area contributed by atoms with Crippen LogP contribution in [0.1, 0.15) is 23.2 Å². The van der Waals surface area contributed by atoms with Crippen LogP contribution in [0.15, 0.2) is 79.1 Å². The topological polar surface area (TPSA) is 109 Å². The maximum absolute atomic E-state index is 15.7. The van der Waals surface area contributed by atoms with E-state index in [0.717, 1.165) is 34.3 Å². The molecule has 0 spiro atoms. The van der Waals surface area contributed by atoms with Gasteiger partial charge in [0.25, 0.3) is 5.91 Å². The van der Waals surface area contributed by atoms with Crippen molar-refractivity contribution in [3.05, 3.63) is 90.5 Å². The number of thiophene rings is 1.